The van der Waals surface area contributed by atoms with Crippen molar-refractivity contribution in [2.45, 2.75) is 25.4 Å². The average molecular weight is 140 g/mol. The molecule has 0 spiro atoms. The highest BCUT2D eigenvalue weighted by atomic mass is 16.6. The van der Waals surface area contributed by atoms with Gasteiger partial charge in [-0.3, -0.25) is 0 Å². The van der Waals surface area contributed by atoms with E-state index in [0.29, 0.717) is 5.69 Å². The zero-order chi connectivity index (χ0) is 6.97. The number of aryl methyl sites for hydroxylation is 1. The SMILES string of the molecule is OC1CCCc2nonc21. The van der Waals surface area contributed by atoms with Crippen LogP contribution in [-0.4, -0.2) is 15.4 Å². The fourth-order valence-electron chi connectivity index (χ4n) is 1.24. The van der Waals surface area contributed by atoms with Gasteiger partial charge in [-0.05, 0) is 19.3 Å². The smallest absolute Gasteiger partial charge is 0.136 e. The van der Waals surface area contributed by atoms with Crippen LogP contribution < -0.4 is 0 Å². The Morgan fingerprint density at radius 3 is 3.20 bits per heavy atom. The summed E-state index contributed by atoms with van der Waals surface area (Å²) in [6.07, 6.45) is 2.19. The number of rotatable bonds is 0. The molecular weight excluding hydrogens is 132 g/mol. The first kappa shape index (κ1) is 5.85. The van der Waals surface area contributed by atoms with Gasteiger partial charge in [-0.25, -0.2) is 4.63 Å². The van der Waals surface area contributed by atoms with E-state index in [9.17, 15) is 5.11 Å². The first-order valence-electron chi connectivity index (χ1n) is 3.37. The van der Waals surface area contributed by atoms with Crippen LogP contribution in [0, 0.1) is 0 Å². The topological polar surface area (TPSA) is 59.2 Å². The summed E-state index contributed by atoms with van der Waals surface area (Å²) in [5.74, 6) is 0. The third-order valence-corrected chi connectivity index (χ3v) is 1.79. The van der Waals surface area contributed by atoms with Gasteiger partial charge in [0.1, 0.15) is 17.5 Å². The summed E-state index contributed by atoms with van der Waals surface area (Å²) in [6.45, 7) is 0. The molecule has 1 aromatic rings. The number of hydrogen-bond donors (Lipinski definition) is 1. The molecule has 1 N–H and O–H groups in total. The minimum atomic E-state index is -0.449. The van der Waals surface area contributed by atoms with E-state index >= 15 is 0 Å². The van der Waals surface area contributed by atoms with Gasteiger partial charge < -0.3 is 5.11 Å². The standard InChI is InChI=1S/C6H8N2O2/c9-5-3-1-2-4-6(5)8-10-7-4/h5,9H,1-3H2. The lowest BCUT2D eigenvalue weighted by Gasteiger charge is -2.12. The Bertz CT molecular complexity index is 233. The van der Waals surface area contributed by atoms with Crippen molar-refractivity contribution >= 4 is 0 Å². The molecule has 1 aliphatic carbocycles. The molecular formula is C6H8N2O2. The highest BCUT2D eigenvalue weighted by Crippen LogP contribution is 2.25. The van der Waals surface area contributed by atoms with Crippen LogP contribution in [0.25, 0.3) is 0 Å². The molecule has 0 aliphatic heterocycles. The van der Waals surface area contributed by atoms with E-state index < -0.39 is 6.10 Å². The summed E-state index contributed by atoms with van der Waals surface area (Å²) in [5, 5.41) is 16.6. The lowest BCUT2D eigenvalue weighted by Crippen LogP contribution is -2.08. The van der Waals surface area contributed by atoms with Crippen LogP contribution in [0.4, 0.5) is 0 Å². The number of fused-ring (bicyclic) bond motifs is 1. The summed E-state index contributed by atoms with van der Waals surface area (Å²) in [6, 6.07) is 0. The van der Waals surface area contributed by atoms with Gasteiger partial charge in [0.15, 0.2) is 0 Å². The fraction of sp³-hybridized carbons (Fsp3) is 0.667. The van der Waals surface area contributed by atoms with Crippen LogP contribution in [0.5, 0.6) is 0 Å². The van der Waals surface area contributed by atoms with Gasteiger partial charge in [-0.15, -0.1) is 0 Å². The summed E-state index contributed by atoms with van der Waals surface area (Å²) in [7, 11) is 0. The number of aliphatic hydroxyl groups excluding tert-OH is 1. The molecule has 1 atom stereocenters. The molecule has 1 unspecified atom stereocenters. The van der Waals surface area contributed by atoms with Gasteiger partial charge in [-0.2, -0.15) is 0 Å². The van der Waals surface area contributed by atoms with Crippen molar-refractivity contribution in [2.75, 3.05) is 0 Å². The third-order valence-electron chi connectivity index (χ3n) is 1.79. The van der Waals surface area contributed by atoms with Crippen molar-refractivity contribution in [3.05, 3.63) is 11.4 Å². The van der Waals surface area contributed by atoms with E-state index in [1.807, 2.05) is 0 Å². The first-order chi connectivity index (χ1) is 4.88. The van der Waals surface area contributed by atoms with Gasteiger partial charge in [0, 0.05) is 0 Å². The highest BCUT2D eigenvalue weighted by Gasteiger charge is 2.22. The average Bonchev–Trinajstić information content (AvgIpc) is 2.36. The van der Waals surface area contributed by atoms with E-state index in [1.165, 1.54) is 0 Å². The number of hydrogen-bond acceptors (Lipinski definition) is 4. The Morgan fingerprint density at radius 2 is 2.40 bits per heavy atom. The van der Waals surface area contributed by atoms with Crippen molar-refractivity contribution in [3.8, 4) is 0 Å². The van der Waals surface area contributed by atoms with Gasteiger partial charge in [0.05, 0.1) is 0 Å². The molecule has 1 aliphatic rings. The van der Waals surface area contributed by atoms with E-state index in [4.69, 9.17) is 0 Å². The zero-order valence-electron chi connectivity index (χ0n) is 5.45. The van der Waals surface area contributed by atoms with Gasteiger partial charge >= 0.3 is 0 Å². The van der Waals surface area contributed by atoms with Crippen LogP contribution in [0.3, 0.4) is 0 Å². The normalized spacial score (nSPS) is 24.3. The van der Waals surface area contributed by atoms with Crippen molar-refractivity contribution in [1.82, 2.24) is 10.3 Å². The Labute approximate surface area is 57.8 Å². The van der Waals surface area contributed by atoms with Crippen molar-refractivity contribution in [1.29, 1.82) is 0 Å². The summed E-state index contributed by atoms with van der Waals surface area (Å²) < 4.78 is 4.48. The number of aromatic nitrogens is 2. The monoisotopic (exact) mass is 140 g/mol. The fourth-order valence-corrected chi connectivity index (χ4v) is 1.24. The van der Waals surface area contributed by atoms with Crippen LogP contribution >= 0.6 is 0 Å². The van der Waals surface area contributed by atoms with Crippen LogP contribution in [0.2, 0.25) is 0 Å². The summed E-state index contributed by atoms with van der Waals surface area (Å²) in [4.78, 5) is 0. The maximum atomic E-state index is 9.29. The predicted molar refractivity (Wildman–Crippen MR) is 32.2 cm³/mol. The molecule has 0 aromatic carbocycles. The zero-order valence-corrected chi connectivity index (χ0v) is 5.45. The molecule has 1 aromatic heterocycles. The second-order valence-electron chi connectivity index (χ2n) is 2.50. The molecule has 0 saturated carbocycles. The largest absolute Gasteiger partial charge is 0.387 e. The molecule has 4 heteroatoms. The molecule has 1 heterocycles. The van der Waals surface area contributed by atoms with Crippen LogP contribution in [0.15, 0.2) is 4.63 Å². The molecule has 0 fully saturated rings. The van der Waals surface area contributed by atoms with Gasteiger partial charge in [-0.1, -0.05) is 10.3 Å². The molecule has 0 bridgehead atoms. The minimum Gasteiger partial charge on any atom is -0.387 e. The maximum absolute atomic E-state index is 9.29. The molecule has 0 radical (unpaired) electrons. The van der Waals surface area contributed by atoms with Crippen LogP contribution in [0.1, 0.15) is 30.3 Å². The van der Waals surface area contributed by atoms with Gasteiger partial charge in [0.25, 0.3) is 0 Å². The Balaban J connectivity index is 2.41. The summed E-state index contributed by atoms with van der Waals surface area (Å²) in [5.41, 5.74) is 1.45. The molecule has 0 saturated heterocycles. The maximum Gasteiger partial charge on any atom is 0.136 e. The van der Waals surface area contributed by atoms with Crippen molar-refractivity contribution in [3.63, 3.8) is 0 Å². The quantitative estimate of drug-likeness (QED) is 0.568. The van der Waals surface area contributed by atoms with E-state index in [0.717, 1.165) is 25.0 Å². The van der Waals surface area contributed by atoms with E-state index in [-0.39, 0.29) is 0 Å². The van der Waals surface area contributed by atoms with Crippen molar-refractivity contribution < 1.29 is 9.74 Å². The van der Waals surface area contributed by atoms with Gasteiger partial charge in [0.2, 0.25) is 0 Å². The van der Waals surface area contributed by atoms with E-state index in [1.54, 1.807) is 0 Å². The second kappa shape index (κ2) is 2.05. The number of nitrogens with zero attached hydrogens (tertiary/aromatic N) is 2. The highest BCUT2D eigenvalue weighted by molar-refractivity contribution is 5.13. The molecule has 0 amide bonds. The number of aliphatic hydroxyl groups is 1. The third kappa shape index (κ3) is 0.724. The molecule has 4 nitrogen and oxygen atoms in total. The molecule has 2 rings (SSSR count). The van der Waals surface area contributed by atoms with Crippen molar-refractivity contribution in [2.24, 2.45) is 0 Å². The predicted octanol–water partition coefficient (Wildman–Crippen LogP) is 0.439. The lowest BCUT2D eigenvalue weighted by atomic mass is 9.99. The van der Waals surface area contributed by atoms with E-state index in [2.05, 4.69) is 14.9 Å². The molecule has 10 heavy (non-hydrogen) atoms. The Hall–Kier alpha value is -0.900. The van der Waals surface area contributed by atoms with Crippen LogP contribution in [-0.2, 0) is 6.42 Å². The Morgan fingerprint density at radius 1 is 1.50 bits per heavy atom. The Kier molecular flexibility index (Phi) is 1.20. The lowest BCUT2D eigenvalue weighted by molar-refractivity contribution is 0.147. The summed E-state index contributed by atoms with van der Waals surface area (Å²) >= 11 is 0. The second-order valence-corrected chi connectivity index (χ2v) is 2.50. The minimum absolute atomic E-state index is 0.449. The molecule has 54 valence electrons. The first-order valence-corrected chi connectivity index (χ1v) is 3.37.